The molecule has 3 N–H and O–H groups in total. The normalized spacial score (nSPS) is 13.1. The van der Waals surface area contributed by atoms with Crippen LogP contribution in [0.5, 0.6) is 0 Å². The molecule has 0 amide bonds. The Morgan fingerprint density at radius 2 is 2.00 bits per heavy atom. The highest BCUT2D eigenvalue weighted by molar-refractivity contribution is 5.40. The van der Waals surface area contributed by atoms with Gasteiger partial charge in [-0.1, -0.05) is 32.9 Å². The van der Waals surface area contributed by atoms with E-state index < -0.39 is 0 Å². The van der Waals surface area contributed by atoms with Crippen molar-refractivity contribution >= 4 is 5.69 Å². The highest BCUT2D eigenvalue weighted by atomic mass is 14.9. The number of benzene rings is 1. The molecule has 0 heterocycles. The summed E-state index contributed by atoms with van der Waals surface area (Å²) in [6.07, 6.45) is 0. The van der Waals surface area contributed by atoms with E-state index in [0.29, 0.717) is 5.92 Å². The van der Waals surface area contributed by atoms with Gasteiger partial charge in [-0.25, -0.2) is 0 Å². The first-order valence-electron chi connectivity index (χ1n) is 5.64. The van der Waals surface area contributed by atoms with E-state index in [-0.39, 0.29) is 0 Å². The minimum absolute atomic E-state index is 0.714. The molecule has 1 aromatic carbocycles. The fourth-order valence-corrected chi connectivity index (χ4v) is 1.38. The number of nitrogen functional groups attached to an aromatic ring is 1. The van der Waals surface area contributed by atoms with Gasteiger partial charge in [0.25, 0.3) is 0 Å². The fraction of sp³-hybridized carbons (Fsp3) is 0.538. The molecule has 1 unspecified atom stereocenters. The Morgan fingerprint density at radius 1 is 1.27 bits per heavy atom. The first-order chi connectivity index (χ1) is 7.09. The highest BCUT2D eigenvalue weighted by Crippen LogP contribution is 2.09. The first kappa shape index (κ1) is 12.1. The first-order valence-corrected chi connectivity index (χ1v) is 5.64. The van der Waals surface area contributed by atoms with E-state index in [1.807, 2.05) is 18.2 Å². The van der Waals surface area contributed by atoms with Gasteiger partial charge in [-0.15, -0.1) is 0 Å². The van der Waals surface area contributed by atoms with Crippen molar-refractivity contribution in [2.24, 2.45) is 11.8 Å². The largest absolute Gasteiger partial charge is 0.399 e. The monoisotopic (exact) mass is 206 g/mol. The van der Waals surface area contributed by atoms with Gasteiger partial charge < -0.3 is 11.1 Å². The maximum atomic E-state index is 5.71. The third kappa shape index (κ3) is 4.34. The zero-order chi connectivity index (χ0) is 11.3. The van der Waals surface area contributed by atoms with Gasteiger partial charge in [-0.2, -0.15) is 0 Å². The smallest absolute Gasteiger partial charge is 0.0317 e. The summed E-state index contributed by atoms with van der Waals surface area (Å²) >= 11 is 0. The molecule has 1 atom stereocenters. The third-order valence-electron chi connectivity index (χ3n) is 2.88. The molecular weight excluding hydrogens is 184 g/mol. The van der Waals surface area contributed by atoms with Crippen molar-refractivity contribution in [2.45, 2.75) is 27.3 Å². The standard InChI is InChI=1S/C13H22N2/c1-10(2)11(3)8-15-9-12-5-4-6-13(14)7-12/h4-7,10-11,15H,8-9,14H2,1-3H3. The predicted molar refractivity (Wildman–Crippen MR) is 66.6 cm³/mol. The molecule has 0 aliphatic carbocycles. The Hall–Kier alpha value is -1.02. The Morgan fingerprint density at radius 3 is 2.60 bits per heavy atom. The number of rotatable bonds is 5. The van der Waals surface area contributed by atoms with E-state index in [0.717, 1.165) is 24.7 Å². The maximum absolute atomic E-state index is 5.71. The fourth-order valence-electron chi connectivity index (χ4n) is 1.38. The van der Waals surface area contributed by atoms with Crippen LogP contribution in [0.4, 0.5) is 5.69 Å². The van der Waals surface area contributed by atoms with Crippen LogP contribution in [-0.2, 0) is 6.54 Å². The number of anilines is 1. The van der Waals surface area contributed by atoms with Gasteiger partial charge in [0.05, 0.1) is 0 Å². The van der Waals surface area contributed by atoms with Crippen molar-refractivity contribution in [3.63, 3.8) is 0 Å². The highest BCUT2D eigenvalue weighted by Gasteiger charge is 2.05. The molecule has 0 fully saturated rings. The number of hydrogen-bond donors (Lipinski definition) is 2. The van der Waals surface area contributed by atoms with Crippen LogP contribution in [-0.4, -0.2) is 6.54 Å². The van der Waals surface area contributed by atoms with Gasteiger partial charge in [0.2, 0.25) is 0 Å². The SMILES string of the molecule is CC(C)C(C)CNCc1cccc(N)c1. The summed E-state index contributed by atoms with van der Waals surface area (Å²) < 4.78 is 0. The second kappa shape index (κ2) is 5.76. The van der Waals surface area contributed by atoms with Crippen molar-refractivity contribution in [3.8, 4) is 0 Å². The van der Waals surface area contributed by atoms with E-state index in [9.17, 15) is 0 Å². The van der Waals surface area contributed by atoms with Crippen molar-refractivity contribution < 1.29 is 0 Å². The summed E-state index contributed by atoms with van der Waals surface area (Å²) in [5, 5.41) is 3.45. The van der Waals surface area contributed by atoms with Crippen molar-refractivity contribution in [3.05, 3.63) is 29.8 Å². The molecule has 0 saturated heterocycles. The molecule has 0 aliphatic rings. The molecule has 1 aromatic rings. The van der Waals surface area contributed by atoms with Gasteiger partial charge in [0.1, 0.15) is 0 Å². The average molecular weight is 206 g/mol. The lowest BCUT2D eigenvalue weighted by atomic mass is 9.98. The molecule has 2 nitrogen and oxygen atoms in total. The van der Waals surface area contributed by atoms with Gasteiger partial charge in [0.15, 0.2) is 0 Å². The molecule has 0 aromatic heterocycles. The summed E-state index contributed by atoms with van der Waals surface area (Å²) in [4.78, 5) is 0. The van der Waals surface area contributed by atoms with Crippen LogP contribution in [0.1, 0.15) is 26.3 Å². The van der Waals surface area contributed by atoms with Crippen molar-refractivity contribution in [2.75, 3.05) is 12.3 Å². The molecule has 0 bridgehead atoms. The molecule has 15 heavy (non-hydrogen) atoms. The third-order valence-corrected chi connectivity index (χ3v) is 2.88. The summed E-state index contributed by atoms with van der Waals surface area (Å²) in [6.45, 7) is 8.76. The second-order valence-electron chi connectivity index (χ2n) is 4.60. The zero-order valence-corrected chi connectivity index (χ0v) is 9.96. The summed E-state index contributed by atoms with van der Waals surface area (Å²) in [5.41, 5.74) is 7.81. The van der Waals surface area contributed by atoms with Crippen molar-refractivity contribution in [1.29, 1.82) is 0 Å². The van der Waals surface area contributed by atoms with E-state index in [1.165, 1.54) is 5.56 Å². The quantitative estimate of drug-likeness (QED) is 0.727. The zero-order valence-electron chi connectivity index (χ0n) is 9.96. The Balaban J connectivity index is 2.32. The Kier molecular flexibility index (Phi) is 4.63. The number of hydrogen-bond acceptors (Lipinski definition) is 2. The van der Waals surface area contributed by atoms with Crippen LogP contribution >= 0.6 is 0 Å². The number of nitrogens with two attached hydrogens (primary N) is 1. The van der Waals surface area contributed by atoms with Crippen LogP contribution in [0.2, 0.25) is 0 Å². The summed E-state index contributed by atoms with van der Waals surface area (Å²) in [5.74, 6) is 1.45. The van der Waals surface area contributed by atoms with Gasteiger partial charge >= 0.3 is 0 Å². The van der Waals surface area contributed by atoms with E-state index in [1.54, 1.807) is 0 Å². The Labute approximate surface area is 92.9 Å². The average Bonchev–Trinajstić information content (AvgIpc) is 2.17. The number of nitrogens with one attached hydrogen (secondary N) is 1. The lowest BCUT2D eigenvalue weighted by molar-refractivity contribution is 0.392. The van der Waals surface area contributed by atoms with Crippen LogP contribution in [0.3, 0.4) is 0 Å². The van der Waals surface area contributed by atoms with E-state index >= 15 is 0 Å². The van der Waals surface area contributed by atoms with Gasteiger partial charge in [-0.05, 0) is 36.1 Å². The maximum Gasteiger partial charge on any atom is 0.0317 e. The summed E-state index contributed by atoms with van der Waals surface area (Å²) in [7, 11) is 0. The molecule has 0 radical (unpaired) electrons. The minimum atomic E-state index is 0.714. The van der Waals surface area contributed by atoms with Crippen LogP contribution in [0.25, 0.3) is 0 Å². The molecule has 0 saturated carbocycles. The molecule has 84 valence electrons. The van der Waals surface area contributed by atoms with Crippen molar-refractivity contribution in [1.82, 2.24) is 5.32 Å². The summed E-state index contributed by atoms with van der Waals surface area (Å²) in [6, 6.07) is 8.04. The minimum Gasteiger partial charge on any atom is -0.399 e. The van der Waals surface area contributed by atoms with Gasteiger partial charge in [0, 0.05) is 12.2 Å². The topological polar surface area (TPSA) is 38.0 Å². The van der Waals surface area contributed by atoms with E-state index in [4.69, 9.17) is 5.73 Å². The Bertz CT molecular complexity index is 294. The molecule has 1 rings (SSSR count). The predicted octanol–water partition coefficient (Wildman–Crippen LogP) is 2.65. The molecular formula is C13H22N2. The van der Waals surface area contributed by atoms with Crippen LogP contribution in [0.15, 0.2) is 24.3 Å². The molecule has 0 spiro atoms. The van der Waals surface area contributed by atoms with E-state index in [2.05, 4.69) is 32.2 Å². The second-order valence-corrected chi connectivity index (χ2v) is 4.60. The molecule has 0 aliphatic heterocycles. The van der Waals surface area contributed by atoms with Crippen LogP contribution < -0.4 is 11.1 Å². The van der Waals surface area contributed by atoms with Gasteiger partial charge in [-0.3, -0.25) is 0 Å². The lowest BCUT2D eigenvalue weighted by Crippen LogP contribution is -2.23. The van der Waals surface area contributed by atoms with Crippen LogP contribution in [0, 0.1) is 11.8 Å². The lowest BCUT2D eigenvalue weighted by Gasteiger charge is -2.16. The molecule has 2 heteroatoms.